The molecule has 0 aliphatic carbocycles. The Morgan fingerprint density at radius 2 is 2.07 bits per heavy atom. The van der Waals surface area contributed by atoms with E-state index in [0.29, 0.717) is 5.92 Å². The number of hydrogen-bond acceptors (Lipinski definition) is 3. The van der Waals surface area contributed by atoms with Crippen molar-refractivity contribution in [1.29, 1.82) is 0 Å². The number of hydrogen-bond donors (Lipinski definition) is 0. The third kappa shape index (κ3) is 1.85. The summed E-state index contributed by atoms with van der Waals surface area (Å²) in [5, 5.41) is 3.85. The van der Waals surface area contributed by atoms with Crippen LogP contribution in [0, 0.1) is 5.92 Å². The highest BCUT2D eigenvalue weighted by Gasteiger charge is 2.40. The molecule has 2 atom stereocenters. The van der Waals surface area contributed by atoms with Crippen LogP contribution in [0.15, 0.2) is 0 Å². The lowest BCUT2D eigenvalue weighted by Gasteiger charge is -2.31. The van der Waals surface area contributed by atoms with E-state index in [-0.39, 0.29) is 11.7 Å². The molecule has 0 aromatic carbocycles. The number of rotatable bonds is 0. The third-order valence-electron chi connectivity index (χ3n) is 2.64. The van der Waals surface area contributed by atoms with Gasteiger partial charge in [0.05, 0.1) is 0 Å². The Labute approximate surface area is 84.8 Å². The number of ether oxygens (including phenoxy) is 1. The van der Waals surface area contributed by atoms with E-state index in [9.17, 15) is 4.79 Å². The average Bonchev–Trinajstić information content (AvgIpc) is 2.59. The summed E-state index contributed by atoms with van der Waals surface area (Å²) in [5.74, 6) is 0.669. The molecule has 2 aliphatic heterocycles. The molecule has 0 spiro atoms. The van der Waals surface area contributed by atoms with Gasteiger partial charge in [-0.15, -0.1) is 0 Å². The normalized spacial score (nSPS) is 30.9. The van der Waals surface area contributed by atoms with Gasteiger partial charge >= 0.3 is 6.09 Å². The zero-order valence-electron chi connectivity index (χ0n) is 9.12. The van der Waals surface area contributed by atoms with Gasteiger partial charge in [0.25, 0.3) is 0 Å². The van der Waals surface area contributed by atoms with Crippen molar-refractivity contribution in [3.05, 3.63) is 0 Å². The molecule has 0 aromatic rings. The van der Waals surface area contributed by atoms with Crippen molar-refractivity contribution < 1.29 is 9.53 Å². The lowest BCUT2D eigenvalue weighted by Crippen LogP contribution is -2.45. The second-order valence-electron chi connectivity index (χ2n) is 5.13. The van der Waals surface area contributed by atoms with E-state index in [0.717, 1.165) is 19.6 Å². The number of fused-ring (bicyclic) bond motifs is 2. The van der Waals surface area contributed by atoms with Crippen LogP contribution in [0.25, 0.3) is 0 Å². The smallest absolute Gasteiger partial charge is 0.424 e. The molecule has 2 aliphatic rings. The summed E-state index contributed by atoms with van der Waals surface area (Å²) < 4.78 is 5.32. The molecule has 2 saturated heterocycles. The Hall–Kier alpha value is -0.770. The van der Waals surface area contributed by atoms with Gasteiger partial charge in [-0.05, 0) is 33.1 Å². The van der Waals surface area contributed by atoms with E-state index in [1.165, 1.54) is 6.42 Å². The number of nitrogens with zero attached hydrogens (tertiary/aromatic N) is 2. The monoisotopic (exact) mass is 198 g/mol. The maximum absolute atomic E-state index is 11.7. The molecule has 0 N–H and O–H groups in total. The van der Waals surface area contributed by atoms with Gasteiger partial charge in [-0.25, -0.2) is 14.8 Å². The molecule has 2 heterocycles. The number of carbonyl (C=O) groups excluding carboxylic acids is 1. The molecule has 1 amide bonds. The lowest BCUT2D eigenvalue weighted by atomic mass is 10.1. The Morgan fingerprint density at radius 3 is 2.50 bits per heavy atom. The first-order valence-electron chi connectivity index (χ1n) is 5.21. The van der Waals surface area contributed by atoms with Crippen molar-refractivity contribution in [2.45, 2.75) is 32.8 Å². The molecule has 0 radical (unpaired) electrons. The highest BCUT2D eigenvalue weighted by Crippen LogP contribution is 2.28. The van der Waals surface area contributed by atoms with Crippen molar-refractivity contribution in [3.8, 4) is 0 Å². The summed E-state index contributed by atoms with van der Waals surface area (Å²) in [6.45, 7) is 8.57. The minimum atomic E-state index is -0.389. The Morgan fingerprint density at radius 1 is 1.36 bits per heavy atom. The van der Waals surface area contributed by atoms with Gasteiger partial charge in [-0.1, -0.05) is 0 Å². The van der Waals surface area contributed by atoms with Crippen molar-refractivity contribution in [3.63, 3.8) is 0 Å². The van der Waals surface area contributed by atoms with Gasteiger partial charge in [0.2, 0.25) is 0 Å². The fraction of sp³-hybridized carbons (Fsp3) is 0.900. The first-order valence-corrected chi connectivity index (χ1v) is 5.21. The molecule has 2 rings (SSSR count). The fourth-order valence-electron chi connectivity index (χ4n) is 2.05. The lowest BCUT2D eigenvalue weighted by molar-refractivity contribution is -0.0285. The largest absolute Gasteiger partial charge is 0.443 e. The maximum atomic E-state index is 11.7. The quantitative estimate of drug-likeness (QED) is 0.591. The van der Waals surface area contributed by atoms with Crippen LogP contribution in [-0.2, 0) is 4.74 Å². The fourth-order valence-corrected chi connectivity index (χ4v) is 2.05. The average molecular weight is 198 g/mol. The molecule has 80 valence electrons. The van der Waals surface area contributed by atoms with E-state index in [1.54, 1.807) is 5.01 Å². The summed E-state index contributed by atoms with van der Waals surface area (Å²) in [6.07, 6.45) is 1.03. The van der Waals surface area contributed by atoms with E-state index in [2.05, 4.69) is 5.01 Å². The SMILES string of the molecule is CC(C)(C)OC(=O)N1C[C@@H]2CCN1C2. The Kier molecular flexibility index (Phi) is 2.18. The minimum Gasteiger partial charge on any atom is -0.443 e. The van der Waals surface area contributed by atoms with Crippen molar-refractivity contribution in [2.75, 3.05) is 19.6 Å². The molecule has 2 bridgehead atoms. The maximum Gasteiger partial charge on any atom is 0.424 e. The molecule has 4 heteroatoms. The van der Waals surface area contributed by atoms with E-state index in [1.807, 2.05) is 20.8 Å². The van der Waals surface area contributed by atoms with Gasteiger partial charge < -0.3 is 4.74 Å². The van der Waals surface area contributed by atoms with Crippen LogP contribution in [0.1, 0.15) is 27.2 Å². The van der Waals surface area contributed by atoms with Crippen LogP contribution < -0.4 is 0 Å². The highest BCUT2D eigenvalue weighted by molar-refractivity contribution is 5.68. The van der Waals surface area contributed by atoms with E-state index >= 15 is 0 Å². The van der Waals surface area contributed by atoms with Crippen LogP contribution in [0.3, 0.4) is 0 Å². The van der Waals surface area contributed by atoms with Crippen molar-refractivity contribution >= 4 is 6.09 Å². The van der Waals surface area contributed by atoms with Gasteiger partial charge in [0.1, 0.15) is 5.60 Å². The van der Waals surface area contributed by atoms with Crippen LogP contribution in [-0.4, -0.2) is 41.3 Å². The zero-order valence-corrected chi connectivity index (χ0v) is 9.12. The molecule has 0 aromatic heterocycles. The van der Waals surface area contributed by atoms with E-state index in [4.69, 9.17) is 4.74 Å². The second kappa shape index (κ2) is 3.12. The molecular weight excluding hydrogens is 180 g/mol. The first kappa shape index (κ1) is 9.77. The van der Waals surface area contributed by atoms with Gasteiger partial charge in [-0.2, -0.15) is 0 Å². The standard InChI is InChI=1S/C10H18N2O2/c1-10(2,3)14-9(13)12-7-8-4-5-11(12)6-8/h8H,4-7H2,1-3H3/t8-/m1/s1. The molecule has 1 unspecified atom stereocenters. The number of carbonyl (C=O) groups is 1. The van der Waals surface area contributed by atoms with Gasteiger partial charge in [0.15, 0.2) is 0 Å². The third-order valence-corrected chi connectivity index (χ3v) is 2.64. The van der Waals surface area contributed by atoms with Gasteiger partial charge in [-0.3, -0.25) is 0 Å². The minimum absolute atomic E-state index is 0.195. The summed E-state index contributed by atoms with van der Waals surface area (Å²) in [6, 6.07) is 0. The van der Waals surface area contributed by atoms with Crippen molar-refractivity contribution in [2.24, 2.45) is 5.92 Å². The van der Waals surface area contributed by atoms with Crippen LogP contribution in [0.5, 0.6) is 0 Å². The zero-order chi connectivity index (χ0) is 10.3. The summed E-state index contributed by atoms with van der Waals surface area (Å²) in [7, 11) is 0. The summed E-state index contributed by atoms with van der Waals surface area (Å²) >= 11 is 0. The molecule has 2 fully saturated rings. The Bertz CT molecular complexity index is 247. The molecule has 14 heavy (non-hydrogen) atoms. The summed E-state index contributed by atoms with van der Waals surface area (Å²) in [5.41, 5.74) is -0.389. The van der Waals surface area contributed by atoms with Crippen LogP contribution >= 0.6 is 0 Å². The van der Waals surface area contributed by atoms with Crippen LogP contribution in [0.4, 0.5) is 4.79 Å². The highest BCUT2D eigenvalue weighted by atomic mass is 16.6. The number of amides is 1. The topological polar surface area (TPSA) is 32.8 Å². The molecule has 4 nitrogen and oxygen atoms in total. The predicted octanol–water partition coefficient (Wildman–Crippen LogP) is 1.47. The predicted molar refractivity (Wildman–Crippen MR) is 52.6 cm³/mol. The summed E-state index contributed by atoms with van der Waals surface area (Å²) in [4.78, 5) is 11.7. The van der Waals surface area contributed by atoms with Gasteiger partial charge in [0, 0.05) is 19.6 Å². The molecule has 0 saturated carbocycles. The van der Waals surface area contributed by atoms with Crippen LogP contribution in [0.2, 0.25) is 0 Å². The first-order chi connectivity index (χ1) is 6.46. The second-order valence-corrected chi connectivity index (χ2v) is 5.13. The Balaban J connectivity index is 1.93. The number of hydrazine groups is 1. The van der Waals surface area contributed by atoms with E-state index < -0.39 is 0 Å². The van der Waals surface area contributed by atoms with Crippen molar-refractivity contribution in [1.82, 2.24) is 10.0 Å². The molecular formula is C10H18N2O2.